The third-order valence-corrected chi connectivity index (χ3v) is 4.44. The fourth-order valence-corrected chi connectivity index (χ4v) is 3.27. The summed E-state index contributed by atoms with van der Waals surface area (Å²) in [5.74, 6) is 0.990. The Hall–Kier alpha value is -2.33. The van der Waals surface area contributed by atoms with Crippen molar-refractivity contribution in [3.05, 3.63) is 59.9 Å². The molecule has 23 heavy (non-hydrogen) atoms. The number of nitrogens with zero attached hydrogens (tertiary/aromatic N) is 3. The number of nitrogens with one attached hydrogen (secondary N) is 1. The molecule has 0 aliphatic carbocycles. The molecule has 2 aromatic carbocycles. The van der Waals surface area contributed by atoms with Crippen LogP contribution in [-0.4, -0.2) is 29.1 Å². The number of hydrogen-bond donors (Lipinski definition) is 1. The molecular weight excluding hydrogens is 308 g/mol. The average molecular weight is 325 g/mol. The van der Waals surface area contributed by atoms with Gasteiger partial charge < -0.3 is 10.2 Å². The van der Waals surface area contributed by atoms with Gasteiger partial charge in [-0.15, -0.1) is 0 Å². The van der Waals surface area contributed by atoms with Gasteiger partial charge in [-0.1, -0.05) is 29.8 Å². The molecule has 1 N–H and O–H groups in total. The van der Waals surface area contributed by atoms with Crippen molar-refractivity contribution >= 4 is 34.0 Å². The highest BCUT2D eigenvalue weighted by Gasteiger charge is 2.24. The van der Waals surface area contributed by atoms with Gasteiger partial charge in [-0.05, 0) is 36.8 Å². The minimum atomic E-state index is 0.426. The maximum atomic E-state index is 6.06. The van der Waals surface area contributed by atoms with Gasteiger partial charge in [0.25, 0.3) is 0 Å². The van der Waals surface area contributed by atoms with Crippen molar-refractivity contribution in [1.82, 2.24) is 9.97 Å². The summed E-state index contributed by atoms with van der Waals surface area (Å²) in [4.78, 5) is 11.1. The smallest absolute Gasteiger partial charge is 0.139 e. The number of aromatic nitrogens is 2. The maximum Gasteiger partial charge on any atom is 0.139 e. The summed E-state index contributed by atoms with van der Waals surface area (Å²) < 4.78 is 0. The number of fused-ring (bicyclic) bond motifs is 1. The number of hydrogen-bond acceptors (Lipinski definition) is 4. The van der Waals surface area contributed by atoms with Crippen molar-refractivity contribution in [3.63, 3.8) is 0 Å². The molecule has 0 radical (unpaired) electrons. The van der Waals surface area contributed by atoms with Crippen LogP contribution in [0.2, 0.25) is 5.02 Å². The minimum absolute atomic E-state index is 0.426. The van der Waals surface area contributed by atoms with Crippen LogP contribution in [0.5, 0.6) is 0 Å². The van der Waals surface area contributed by atoms with E-state index in [-0.39, 0.29) is 0 Å². The number of halogens is 1. The molecule has 1 aliphatic rings. The van der Waals surface area contributed by atoms with Crippen LogP contribution >= 0.6 is 11.6 Å². The van der Waals surface area contributed by atoms with Gasteiger partial charge in [-0.25, -0.2) is 9.97 Å². The number of benzene rings is 2. The lowest BCUT2D eigenvalue weighted by atomic mass is 10.2. The predicted octanol–water partition coefficient (Wildman–Crippen LogP) is 3.97. The maximum absolute atomic E-state index is 6.06. The molecule has 1 atom stereocenters. The van der Waals surface area contributed by atoms with Crippen molar-refractivity contribution in [2.45, 2.75) is 12.5 Å². The van der Waals surface area contributed by atoms with Crippen molar-refractivity contribution in [1.29, 1.82) is 0 Å². The predicted molar refractivity (Wildman–Crippen MR) is 95.2 cm³/mol. The van der Waals surface area contributed by atoms with Crippen LogP contribution in [-0.2, 0) is 0 Å². The van der Waals surface area contributed by atoms with E-state index in [2.05, 4.69) is 44.5 Å². The summed E-state index contributed by atoms with van der Waals surface area (Å²) in [6, 6.07) is 16.6. The van der Waals surface area contributed by atoms with E-state index < -0.39 is 0 Å². The number of anilines is 2. The second-order valence-corrected chi connectivity index (χ2v) is 6.24. The summed E-state index contributed by atoms with van der Waals surface area (Å²) in [5.41, 5.74) is 2.06. The molecule has 5 heteroatoms. The summed E-state index contributed by atoms with van der Waals surface area (Å²) >= 11 is 6.06. The molecule has 4 rings (SSSR count). The first-order chi connectivity index (χ1) is 11.3. The third kappa shape index (κ3) is 2.94. The van der Waals surface area contributed by atoms with Crippen molar-refractivity contribution in [2.75, 3.05) is 23.3 Å². The van der Waals surface area contributed by atoms with E-state index in [1.54, 1.807) is 6.33 Å². The molecule has 1 aromatic heterocycles. The highest BCUT2D eigenvalue weighted by molar-refractivity contribution is 6.31. The Balaban J connectivity index is 1.56. The number of para-hydroxylation sites is 1. The first-order valence-electron chi connectivity index (χ1n) is 7.76. The zero-order valence-corrected chi connectivity index (χ0v) is 13.4. The molecule has 0 bridgehead atoms. The third-order valence-electron chi connectivity index (χ3n) is 4.21. The molecule has 1 aliphatic heterocycles. The molecule has 1 fully saturated rings. The summed E-state index contributed by atoms with van der Waals surface area (Å²) in [6.45, 7) is 1.92. The van der Waals surface area contributed by atoms with Gasteiger partial charge in [0.2, 0.25) is 0 Å². The van der Waals surface area contributed by atoms with E-state index in [9.17, 15) is 0 Å². The first kappa shape index (κ1) is 14.3. The first-order valence-corrected chi connectivity index (χ1v) is 8.14. The van der Waals surface area contributed by atoms with Crippen LogP contribution in [0.25, 0.3) is 10.9 Å². The van der Waals surface area contributed by atoms with Crippen LogP contribution in [0, 0.1) is 0 Å². The van der Waals surface area contributed by atoms with Gasteiger partial charge in [0.05, 0.1) is 5.52 Å². The highest BCUT2D eigenvalue weighted by Crippen LogP contribution is 2.28. The lowest BCUT2D eigenvalue weighted by molar-refractivity contribution is 0.806. The topological polar surface area (TPSA) is 41.0 Å². The van der Waals surface area contributed by atoms with Crippen molar-refractivity contribution in [3.8, 4) is 0 Å². The van der Waals surface area contributed by atoms with Crippen LogP contribution in [0.3, 0.4) is 0 Å². The Bertz CT molecular complexity index is 822. The van der Waals surface area contributed by atoms with Gasteiger partial charge in [-0.2, -0.15) is 0 Å². The molecule has 0 amide bonds. The highest BCUT2D eigenvalue weighted by atomic mass is 35.5. The molecule has 0 spiro atoms. The van der Waals surface area contributed by atoms with Gasteiger partial charge in [0.15, 0.2) is 0 Å². The molecule has 4 nitrogen and oxygen atoms in total. The van der Waals surface area contributed by atoms with Gasteiger partial charge in [0.1, 0.15) is 12.1 Å². The van der Waals surface area contributed by atoms with Crippen molar-refractivity contribution < 1.29 is 0 Å². The fraction of sp³-hybridized carbons (Fsp3) is 0.222. The number of rotatable bonds is 3. The molecular formula is C18H17ClN4. The lowest BCUT2D eigenvalue weighted by Gasteiger charge is -2.20. The van der Waals surface area contributed by atoms with E-state index in [4.69, 9.17) is 11.6 Å². The molecule has 0 saturated carbocycles. The van der Waals surface area contributed by atoms with Crippen LogP contribution in [0.15, 0.2) is 54.9 Å². The van der Waals surface area contributed by atoms with Gasteiger partial charge in [-0.3, -0.25) is 0 Å². The SMILES string of the molecule is Clc1ccc2c(N3CCC(Nc4ccccc4)C3)ncnc2c1. The second-order valence-electron chi connectivity index (χ2n) is 5.80. The molecule has 116 valence electrons. The van der Waals surface area contributed by atoms with Crippen LogP contribution in [0.4, 0.5) is 11.5 Å². The normalized spacial score (nSPS) is 17.6. The standard InChI is InChI=1S/C18H17ClN4/c19-13-6-7-16-17(10-13)20-12-21-18(16)23-9-8-15(11-23)22-14-4-2-1-3-5-14/h1-7,10,12,15,22H,8-9,11H2. The van der Waals surface area contributed by atoms with E-state index in [1.807, 2.05) is 24.3 Å². The fourth-order valence-electron chi connectivity index (χ4n) is 3.11. The van der Waals surface area contributed by atoms with Crippen LogP contribution < -0.4 is 10.2 Å². The largest absolute Gasteiger partial charge is 0.380 e. The monoisotopic (exact) mass is 324 g/mol. The summed E-state index contributed by atoms with van der Waals surface area (Å²) in [7, 11) is 0. The van der Waals surface area contributed by atoms with E-state index in [0.717, 1.165) is 36.2 Å². The van der Waals surface area contributed by atoms with E-state index in [0.29, 0.717) is 11.1 Å². The zero-order chi connectivity index (χ0) is 15.6. The molecule has 1 saturated heterocycles. The summed E-state index contributed by atoms with van der Waals surface area (Å²) in [5, 5.41) is 5.35. The Morgan fingerprint density at radius 3 is 2.83 bits per heavy atom. The Morgan fingerprint density at radius 1 is 1.09 bits per heavy atom. The Kier molecular flexibility index (Phi) is 3.75. The Morgan fingerprint density at radius 2 is 1.96 bits per heavy atom. The van der Waals surface area contributed by atoms with E-state index in [1.165, 1.54) is 5.69 Å². The average Bonchev–Trinajstić information content (AvgIpc) is 3.03. The Labute approximate surface area is 140 Å². The van der Waals surface area contributed by atoms with Crippen LogP contribution in [0.1, 0.15) is 6.42 Å². The lowest BCUT2D eigenvalue weighted by Crippen LogP contribution is -2.26. The van der Waals surface area contributed by atoms with Crippen molar-refractivity contribution in [2.24, 2.45) is 0 Å². The molecule has 1 unspecified atom stereocenters. The van der Waals surface area contributed by atoms with E-state index >= 15 is 0 Å². The second kappa shape index (κ2) is 6.05. The quantitative estimate of drug-likeness (QED) is 0.791. The minimum Gasteiger partial charge on any atom is -0.380 e. The molecule has 2 heterocycles. The summed E-state index contributed by atoms with van der Waals surface area (Å²) in [6.07, 6.45) is 2.71. The zero-order valence-electron chi connectivity index (χ0n) is 12.6. The van der Waals surface area contributed by atoms with Gasteiger partial charge in [0, 0.05) is 35.2 Å². The molecule has 3 aromatic rings. The van der Waals surface area contributed by atoms with Gasteiger partial charge >= 0.3 is 0 Å².